The lowest BCUT2D eigenvalue weighted by Gasteiger charge is -2.30. The van der Waals surface area contributed by atoms with Crippen molar-refractivity contribution >= 4 is 15.8 Å². The monoisotopic (exact) mass is 245 g/mol. The van der Waals surface area contributed by atoms with Gasteiger partial charge in [0.1, 0.15) is 27.4 Å². The third-order valence-electron chi connectivity index (χ3n) is 2.96. The Kier molecular flexibility index (Phi) is 2.45. The number of rotatable bonds is 2. The smallest absolute Gasteiger partial charge is 0.317 e. The van der Waals surface area contributed by atoms with Gasteiger partial charge in [0.05, 0.1) is 11.5 Å². The highest BCUT2D eigenvalue weighted by molar-refractivity contribution is 7.91. The van der Waals surface area contributed by atoms with Crippen molar-refractivity contribution in [2.24, 2.45) is 0 Å². The summed E-state index contributed by atoms with van der Waals surface area (Å²) < 4.78 is 22.6. The fraction of sp³-hybridized carbons (Fsp3) is 0.625. The van der Waals surface area contributed by atoms with E-state index in [0.29, 0.717) is 0 Å². The van der Waals surface area contributed by atoms with Gasteiger partial charge in [-0.25, -0.2) is 13.4 Å². The molecule has 2 heterocycles. The molecular weight excluding hydrogens is 234 g/mol. The lowest BCUT2D eigenvalue weighted by atomic mass is 9.81. The molecule has 0 aliphatic carbocycles. The topological polar surface area (TPSA) is 113 Å². The molecule has 8 heteroatoms. The van der Waals surface area contributed by atoms with Gasteiger partial charge >= 0.3 is 5.97 Å². The highest BCUT2D eigenvalue weighted by atomic mass is 32.2. The minimum Gasteiger partial charge on any atom is -0.480 e. The summed E-state index contributed by atoms with van der Waals surface area (Å²) in [6, 6.07) is 0. The van der Waals surface area contributed by atoms with Gasteiger partial charge in [0, 0.05) is 0 Å². The molecule has 0 atom stereocenters. The van der Waals surface area contributed by atoms with Crippen LogP contribution in [0.25, 0.3) is 0 Å². The summed E-state index contributed by atoms with van der Waals surface area (Å²) in [4.78, 5) is 15.1. The van der Waals surface area contributed by atoms with E-state index in [9.17, 15) is 18.3 Å². The van der Waals surface area contributed by atoms with E-state index in [1.165, 1.54) is 6.33 Å². The second-order valence-corrected chi connectivity index (χ2v) is 6.18. The van der Waals surface area contributed by atoms with Gasteiger partial charge in [0.15, 0.2) is 0 Å². The normalized spacial score (nSPS) is 22.8. The highest BCUT2D eigenvalue weighted by Gasteiger charge is 2.47. The van der Waals surface area contributed by atoms with E-state index in [1.54, 1.807) is 0 Å². The first-order valence-corrected chi connectivity index (χ1v) is 6.58. The standard InChI is InChI=1S/C8H11N3O4S/c12-7(13)8(6-9-5-10-11-6)1-3-16(14,15)4-2-8/h5H,1-4H2,(H,12,13)(H,9,10,11). The molecule has 0 bridgehead atoms. The van der Waals surface area contributed by atoms with Crippen LogP contribution < -0.4 is 0 Å². The maximum absolute atomic E-state index is 11.3. The summed E-state index contributed by atoms with van der Waals surface area (Å²) in [6.45, 7) is 0. The Hall–Kier alpha value is -1.44. The van der Waals surface area contributed by atoms with Crippen LogP contribution in [0.1, 0.15) is 18.7 Å². The molecule has 0 amide bonds. The van der Waals surface area contributed by atoms with E-state index in [0.717, 1.165) is 0 Å². The first-order chi connectivity index (χ1) is 7.46. The molecule has 1 fully saturated rings. The molecular formula is C8H11N3O4S. The number of H-pyrrole nitrogens is 1. The van der Waals surface area contributed by atoms with Gasteiger partial charge in [-0.1, -0.05) is 0 Å². The third kappa shape index (κ3) is 1.69. The summed E-state index contributed by atoms with van der Waals surface area (Å²) in [5.41, 5.74) is -1.23. The van der Waals surface area contributed by atoms with Crippen LogP contribution in [0.2, 0.25) is 0 Å². The zero-order valence-corrected chi connectivity index (χ0v) is 9.20. The lowest BCUT2D eigenvalue weighted by molar-refractivity contribution is -0.144. The number of aromatic nitrogens is 3. The molecule has 88 valence electrons. The first-order valence-electron chi connectivity index (χ1n) is 4.76. The van der Waals surface area contributed by atoms with Crippen molar-refractivity contribution < 1.29 is 18.3 Å². The zero-order valence-electron chi connectivity index (χ0n) is 8.38. The molecule has 2 rings (SSSR count). The average Bonchev–Trinajstić information content (AvgIpc) is 2.71. The maximum atomic E-state index is 11.3. The van der Waals surface area contributed by atoms with E-state index in [1.807, 2.05) is 0 Å². The zero-order chi connectivity index (χ0) is 11.8. The molecule has 1 aromatic heterocycles. The van der Waals surface area contributed by atoms with E-state index in [2.05, 4.69) is 15.2 Å². The van der Waals surface area contributed by atoms with Gasteiger partial charge in [-0.05, 0) is 12.8 Å². The van der Waals surface area contributed by atoms with Crippen molar-refractivity contribution in [1.29, 1.82) is 0 Å². The Morgan fingerprint density at radius 1 is 1.44 bits per heavy atom. The summed E-state index contributed by atoms with van der Waals surface area (Å²) in [5.74, 6) is -1.07. The fourth-order valence-electron chi connectivity index (χ4n) is 1.87. The van der Waals surface area contributed by atoms with Crippen LogP contribution in [0, 0.1) is 0 Å². The van der Waals surface area contributed by atoms with Crippen molar-refractivity contribution in [3.8, 4) is 0 Å². The third-order valence-corrected chi connectivity index (χ3v) is 4.61. The van der Waals surface area contributed by atoms with Gasteiger partial charge in [-0.2, -0.15) is 5.10 Å². The molecule has 2 N–H and O–H groups in total. The number of carboxylic acids is 1. The van der Waals surface area contributed by atoms with Crippen LogP contribution in [0.15, 0.2) is 6.33 Å². The van der Waals surface area contributed by atoms with Crippen molar-refractivity contribution in [1.82, 2.24) is 15.2 Å². The molecule has 16 heavy (non-hydrogen) atoms. The van der Waals surface area contributed by atoms with Gasteiger partial charge < -0.3 is 5.11 Å². The molecule has 1 saturated heterocycles. The van der Waals surface area contributed by atoms with Crippen LogP contribution in [-0.2, 0) is 20.0 Å². The minimum absolute atomic E-state index is 0.0415. The number of carbonyl (C=O) groups is 1. The van der Waals surface area contributed by atoms with Crippen LogP contribution in [0.3, 0.4) is 0 Å². The maximum Gasteiger partial charge on any atom is 0.317 e. The van der Waals surface area contributed by atoms with Crippen LogP contribution in [0.5, 0.6) is 0 Å². The fourth-order valence-corrected chi connectivity index (χ4v) is 3.40. The van der Waals surface area contributed by atoms with Crippen molar-refractivity contribution in [3.05, 3.63) is 12.2 Å². The van der Waals surface area contributed by atoms with Crippen LogP contribution in [-0.4, -0.2) is 46.2 Å². The van der Waals surface area contributed by atoms with Gasteiger partial charge in [-0.3, -0.25) is 9.89 Å². The number of hydrogen-bond donors (Lipinski definition) is 2. The second-order valence-electron chi connectivity index (χ2n) is 3.87. The lowest BCUT2D eigenvalue weighted by Crippen LogP contribution is -2.44. The van der Waals surface area contributed by atoms with Crippen molar-refractivity contribution in [3.63, 3.8) is 0 Å². The average molecular weight is 245 g/mol. The Morgan fingerprint density at radius 2 is 2.06 bits per heavy atom. The number of aromatic amines is 1. The number of nitrogens with one attached hydrogen (secondary N) is 1. The highest BCUT2D eigenvalue weighted by Crippen LogP contribution is 2.34. The van der Waals surface area contributed by atoms with E-state index >= 15 is 0 Å². The molecule has 7 nitrogen and oxygen atoms in total. The van der Waals surface area contributed by atoms with Gasteiger partial charge in [0.2, 0.25) is 0 Å². The summed E-state index contributed by atoms with van der Waals surface area (Å²) >= 11 is 0. The molecule has 0 unspecified atom stereocenters. The summed E-state index contributed by atoms with van der Waals surface area (Å²) in [7, 11) is -3.10. The Bertz CT molecular complexity index is 479. The van der Waals surface area contributed by atoms with Crippen molar-refractivity contribution in [2.75, 3.05) is 11.5 Å². The molecule has 0 aromatic carbocycles. The SMILES string of the molecule is O=C(O)C1(c2ncn[nH]2)CCS(=O)(=O)CC1. The Balaban J connectivity index is 2.37. The first kappa shape index (κ1) is 11.1. The predicted octanol–water partition coefficient (Wildman–Crippen LogP) is -0.664. The Labute approximate surface area is 91.8 Å². The summed E-state index contributed by atoms with van der Waals surface area (Å²) in [6.07, 6.45) is 1.31. The van der Waals surface area contributed by atoms with E-state index in [-0.39, 0.29) is 30.2 Å². The van der Waals surface area contributed by atoms with Gasteiger partial charge in [0.25, 0.3) is 0 Å². The molecule has 0 saturated carbocycles. The second kappa shape index (κ2) is 3.55. The van der Waals surface area contributed by atoms with E-state index in [4.69, 9.17) is 0 Å². The largest absolute Gasteiger partial charge is 0.480 e. The van der Waals surface area contributed by atoms with Crippen LogP contribution >= 0.6 is 0 Å². The molecule has 0 spiro atoms. The molecule has 1 aliphatic rings. The Morgan fingerprint density at radius 3 is 2.50 bits per heavy atom. The summed E-state index contributed by atoms with van der Waals surface area (Å²) in [5, 5.41) is 15.4. The van der Waals surface area contributed by atoms with Gasteiger partial charge in [-0.15, -0.1) is 0 Å². The number of sulfone groups is 1. The van der Waals surface area contributed by atoms with Crippen LogP contribution in [0.4, 0.5) is 0 Å². The number of hydrogen-bond acceptors (Lipinski definition) is 5. The van der Waals surface area contributed by atoms with Crippen molar-refractivity contribution in [2.45, 2.75) is 18.3 Å². The molecule has 1 aromatic rings. The predicted molar refractivity (Wildman–Crippen MR) is 53.6 cm³/mol. The molecule has 1 aliphatic heterocycles. The molecule has 0 radical (unpaired) electrons. The quantitative estimate of drug-likeness (QED) is 0.714. The number of carboxylic acid groups (broad SMARTS) is 1. The number of nitrogens with zero attached hydrogens (tertiary/aromatic N) is 2. The van der Waals surface area contributed by atoms with E-state index < -0.39 is 21.2 Å². The minimum atomic E-state index is -3.10. The number of aliphatic carboxylic acids is 1.